The maximum absolute atomic E-state index is 11.7. The summed E-state index contributed by atoms with van der Waals surface area (Å²) >= 11 is 0. The molecule has 22 heavy (non-hydrogen) atoms. The molecular formula is C14H23N3O5. The van der Waals surface area contributed by atoms with Gasteiger partial charge in [0.25, 0.3) is 0 Å². The Bertz CT molecular complexity index is 463. The SMILES string of the molecule is CCC(CC1OC1C1OC(C)(C)OC1CN=[N+]=[N-])C(=O)OC. The first kappa shape index (κ1) is 17.0. The van der Waals surface area contributed by atoms with Crippen molar-refractivity contribution in [1.29, 1.82) is 0 Å². The molecule has 2 aliphatic heterocycles. The Morgan fingerprint density at radius 1 is 1.36 bits per heavy atom. The van der Waals surface area contributed by atoms with E-state index in [1.165, 1.54) is 7.11 Å². The third kappa shape index (κ3) is 3.89. The molecule has 0 aromatic rings. The number of methoxy groups -OCH3 is 1. The smallest absolute Gasteiger partial charge is 0.308 e. The molecule has 0 amide bonds. The molecule has 0 saturated carbocycles. The Morgan fingerprint density at radius 3 is 2.68 bits per heavy atom. The molecule has 8 nitrogen and oxygen atoms in total. The van der Waals surface area contributed by atoms with Crippen molar-refractivity contribution in [1.82, 2.24) is 0 Å². The van der Waals surface area contributed by atoms with Crippen LogP contribution in [-0.2, 0) is 23.7 Å². The largest absolute Gasteiger partial charge is 0.469 e. The lowest BCUT2D eigenvalue weighted by Gasteiger charge is -2.16. The zero-order valence-corrected chi connectivity index (χ0v) is 13.4. The van der Waals surface area contributed by atoms with Crippen LogP contribution in [0.2, 0.25) is 0 Å². The molecule has 2 aliphatic rings. The van der Waals surface area contributed by atoms with Gasteiger partial charge in [-0.15, -0.1) is 0 Å². The Hall–Kier alpha value is -1.34. The van der Waals surface area contributed by atoms with Gasteiger partial charge in [0, 0.05) is 4.91 Å². The quantitative estimate of drug-likeness (QED) is 0.235. The van der Waals surface area contributed by atoms with Crippen LogP contribution in [0.4, 0.5) is 0 Å². The molecule has 2 fully saturated rings. The van der Waals surface area contributed by atoms with Crippen LogP contribution in [0, 0.1) is 5.92 Å². The third-order valence-electron chi connectivity index (χ3n) is 4.04. The molecule has 0 aliphatic carbocycles. The van der Waals surface area contributed by atoms with E-state index in [1.54, 1.807) is 0 Å². The normalized spacial score (nSPS) is 33.8. The van der Waals surface area contributed by atoms with E-state index in [4.69, 9.17) is 24.5 Å². The Labute approximate surface area is 129 Å². The molecule has 8 heteroatoms. The maximum atomic E-state index is 11.7. The Kier molecular flexibility index (Phi) is 5.28. The minimum atomic E-state index is -0.733. The lowest BCUT2D eigenvalue weighted by atomic mass is 9.97. The molecule has 0 bridgehead atoms. The highest BCUT2D eigenvalue weighted by Gasteiger charge is 2.55. The van der Waals surface area contributed by atoms with Crippen LogP contribution in [0.15, 0.2) is 5.11 Å². The molecule has 2 heterocycles. The van der Waals surface area contributed by atoms with Crippen molar-refractivity contribution in [3.8, 4) is 0 Å². The van der Waals surface area contributed by atoms with Crippen LogP contribution in [0.3, 0.4) is 0 Å². The number of rotatable bonds is 7. The molecule has 124 valence electrons. The van der Waals surface area contributed by atoms with Crippen LogP contribution in [0.5, 0.6) is 0 Å². The van der Waals surface area contributed by atoms with Gasteiger partial charge in [0.1, 0.15) is 12.2 Å². The van der Waals surface area contributed by atoms with Gasteiger partial charge >= 0.3 is 5.97 Å². The topological polar surface area (TPSA) is 106 Å². The van der Waals surface area contributed by atoms with Gasteiger partial charge < -0.3 is 18.9 Å². The van der Waals surface area contributed by atoms with E-state index < -0.39 is 5.79 Å². The summed E-state index contributed by atoms with van der Waals surface area (Å²) in [6.07, 6.45) is 0.483. The van der Waals surface area contributed by atoms with Gasteiger partial charge in [-0.1, -0.05) is 12.0 Å². The number of carbonyl (C=O) groups excluding carboxylic acids is 1. The van der Waals surface area contributed by atoms with Gasteiger partial charge in [-0.25, -0.2) is 0 Å². The molecule has 0 spiro atoms. The predicted molar refractivity (Wildman–Crippen MR) is 76.9 cm³/mol. The van der Waals surface area contributed by atoms with E-state index in [0.29, 0.717) is 12.8 Å². The van der Waals surface area contributed by atoms with Gasteiger partial charge in [0.05, 0.1) is 31.8 Å². The second-order valence-electron chi connectivity index (χ2n) is 6.06. The van der Waals surface area contributed by atoms with Crippen LogP contribution in [0.1, 0.15) is 33.6 Å². The first-order valence-electron chi connectivity index (χ1n) is 7.51. The summed E-state index contributed by atoms with van der Waals surface area (Å²) in [6, 6.07) is 0. The predicted octanol–water partition coefficient (Wildman–Crippen LogP) is 2.17. The van der Waals surface area contributed by atoms with Gasteiger partial charge in [0.15, 0.2) is 5.79 Å². The van der Waals surface area contributed by atoms with Gasteiger partial charge in [0.2, 0.25) is 0 Å². The Balaban J connectivity index is 1.94. The summed E-state index contributed by atoms with van der Waals surface area (Å²) in [5.74, 6) is -1.12. The lowest BCUT2D eigenvalue weighted by Crippen LogP contribution is -2.32. The van der Waals surface area contributed by atoms with Crippen molar-refractivity contribution in [2.45, 2.75) is 63.8 Å². The summed E-state index contributed by atoms with van der Waals surface area (Å²) < 4.78 is 22.1. The number of carbonyl (C=O) groups is 1. The highest BCUT2D eigenvalue weighted by atomic mass is 16.8. The van der Waals surface area contributed by atoms with Gasteiger partial charge in [-0.05, 0) is 32.2 Å². The maximum Gasteiger partial charge on any atom is 0.308 e. The van der Waals surface area contributed by atoms with Crippen LogP contribution in [-0.4, -0.2) is 49.8 Å². The fraction of sp³-hybridized carbons (Fsp3) is 0.929. The van der Waals surface area contributed by atoms with Gasteiger partial charge in [-0.2, -0.15) is 0 Å². The molecule has 0 N–H and O–H groups in total. The fourth-order valence-electron chi connectivity index (χ4n) is 2.91. The summed E-state index contributed by atoms with van der Waals surface area (Å²) in [7, 11) is 1.39. The minimum absolute atomic E-state index is 0.0554. The summed E-state index contributed by atoms with van der Waals surface area (Å²) in [5.41, 5.74) is 8.47. The zero-order valence-electron chi connectivity index (χ0n) is 13.4. The summed E-state index contributed by atoms with van der Waals surface area (Å²) in [5, 5.41) is 3.57. The first-order chi connectivity index (χ1) is 10.4. The summed E-state index contributed by atoms with van der Waals surface area (Å²) in [4.78, 5) is 14.4. The molecule has 5 atom stereocenters. The van der Waals surface area contributed by atoms with Crippen molar-refractivity contribution in [3.05, 3.63) is 10.4 Å². The molecule has 2 rings (SSSR count). The minimum Gasteiger partial charge on any atom is -0.469 e. The average Bonchev–Trinajstić information content (AvgIpc) is 3.18. The van der Waals surface area contributed by atoms with Crippen molar-refractivity contribution in [2.24, 2.45) is 11.0 Å². The van der Waals surface area contributed by atoms with Crippen LogP contribution in [0.25, 0.3) is 10.4 Å². The number of azide groups is 1. The standard InChI is InChI=1S/C14H23N3O5/c1-5-8(13(18)19-4)6-9-11(20-9)12-10(7-16-17-15)21-14(2,3)22-12/h8-12H,5-7H2,1-4H3. The third-order valence-corrected chi connectivity index (χ3v) is 4.04. The number of ether oxygens (including phenoxy) is 4. The molecule has 0 aromatic heterocycles. The number of nitrogens with zero attached hydrogens (tertiary/aromatic N) is 3. The van der Waals surface area contributed by atoms with Gasteiger partial charge in [-0.3, -0.25) is 4.79 Å². The van der Waals surface area contributed by atoms with E-state index in [0.717, 1.165) is 0 Å². The van der Waals surface area contributed by atoms with Crippen molar-refractivity contribution >= 4 is 5.97 Å². The van der Waals surface area contributed by atoms with E-state index >= 15 is 0 Å². The number of hydrogen-bond acceptors (Lipinski definition) is 6. The van der Waals surface area contributed by atoms with Crippen LogP contribution < -0.4 is 0 Å². The molecule has 0 aromatic carbocycles. The van der Waals surface area contributed by atoms with E-state index in [2.05, 4.69) is 10.0 Å². The zero-order chi connectivity index (χ0) is 16.3. The molecule has 2 saturated heterocycles. The Morgan fingerprint density at radius 2 is 2.09 bits per heavy atom. The van der Waals surface area contributed by atoms with Crippen molar-refractivity contribution < 1.29 is 23.7 Å². The van der Waals surface area contributed by atoms with E-state index in [1.807, 2.05) is 20.8 Å². The monoisotopic (exact) mass is 313 g/mol. The molecule has 5 unspecified atom stereocenters. The highest BCUT2D eigenvalue weighted by Crippen LogP contribution is 2.41. The molecular weight excluding hydrogens is 290 g/mol. The number of esters is 1. The van der Waals surface area contributed by atoms with Crippen molar-refractivity contribution in [2.75, 3.05) is 13.7 Å². The second kappa shape index (κ2) is 6.83. The van der Waals surface area contributed by atoms with Crippen LogP contribution >= 0.6 is 0 Å². The number of epoxide rings is 1. The van der Waals surface area contributed by atoms with E-state index in [-0.39, 0.29) is 42.8 Å². The average molecular weight is 313 g/mol. The summed E-state index contributed by atoms with van der Waals surface area (Å²) in [6.45, 7) is 5.78. The number of hydrogen-bond donors (Lipinski definition) is 0. The first-order valence-corrected chi connectivity index (χ1v) is 7.51. The fourth-order valence-corrected chi connectivity index (χ4v) is 2.91. The van der Waals surface area contributed by atoms with E-state index in [9.17, 15) is 4.79 Å². The molecule has 0 radical (unpaired) electrons. The highest BCUT2D eigenvalue weighted by molar-refractivity contribution is 5.72. The lowest BCUT2D eigenvalue weighted by molar-refractivity contribution is -0.147. The van der Waals surface area contributed by atoms with Crippen molar-refractivity contribution in [3.63, 3.8) is 0 Å². The second-order valence-corrected chi connectivity index (χ2v) is 6.06.